The van der Waals surface area contributed by atoms with Gasteiger partial charge in [-0.25, -0.2) is 14.4 Å². The van der Waals surface area contributed by atoms with Gasteiger partial charge in [0.2, 0.25) is 5.88 Å². The molecular weight excluding hydrogens is 506 g/mol. The number of rotatable bonds is 6. The number of amides is 1. The number of carbonyl (C=O) groups excluding carboxylic acids is 1. The summed E-state index contributed by atoms with van der Waals surface area (Å²) in [6, 6.07) is 16.9. The van der Waals surface area contributed by atoms with Crippen LogP contribution >= 0.6 is 0 Å². The average molecular weight is 523 g/mol. The number of hydrogen-bond acceptors (Lipinski definition) is 6. The fourth-order valence-electron chi connectivity index (χ4n) is 3.59. The van der Waals surface area contributed by atoms with E-state index in [-0.39, 0.29) is 28.8 Å². The van der Waals surface area contributed by atoms with E-state index >= 15 is 0 Å². The number of aryl methyl sites for hydroxylation is 1. The van der Waals surface area contributed by atoms with E-state index in [2.05, 4.69) is 25.1 Å². The highest BCUT2D eigenvalue weighted by molar-refractivity contribution is 6.03. The molecule has 0 atom stereocenters. The van der Waals surface area contributed by atoms with Gasteiger partial charge in [-0.3, -0.25) is 4.79 Å². The fourth-order valence-corrected chi connectivity index (χ4v) is 3.59. The summed E-state index contributed by atoms with van der Waals surface area (Å²) < 4.78 is 62.9. The van der Waals surface area contributed by atoms with Gasteiger partial charge in [-0.05, 0) is 55.5 Å². The molecule has 38 heavy (non-hydrogen) atoms. The van der Waals surface area contributed by atoms with Crippen LogP contribution in [0.15, 0.2) is 79.0 Å². The molecule has 0 aliphatic rings. The van der Waals surface area contributed by atoms with Crippen LogP contribution in [0.25, 0.3) is 16.9 Å². The van der Waals surface area contributed by atoms with Crippen LogP contribution in [0.4, 0.5) is 23.2 Å². The van der Waals surface area contributed by atoms with Crippen molar-refractivity contribution >= 4 is 17.2 Å². The van der Waals surface area contributed by atoms with E-state index in [1.54, 1.807) is 37.4 Å². The Kier molecular flexibility index (Phi) is 6.37. The Hall–Kier alpha value is -5.00. The van der Waals surface area contributed by atoms with Gasteiger partial charge < -0.3 is 14.8 Å². The topological polar surface area (TPSA) is 90.6 Å². The Bertz CT molecular complexity index is 1630. The third-order valence-corrected chi connectivity index (χ3v) is 5.22. The number of fused-ring (bicyclic) bond motifs is 1. The summed E-state index contributed by atoms with van der Waals surface area (Å²) in [6.45, 7) is 1.77. The first-order chi connectivity index (χ1) is 18.1. The number of halogens is 4. The lowest BCUT2D eigenvalue weighted by Gasteiger charge is -2.11. The van der Waals surface area contributed by atoms with Crippen molar-refractivity contribution in [3.05, 3.63) is 96.2 Å². The van der Waals surface area contributed by atoms with Gasteiger partial charge >= 0.3 is 6.36 Å². The number of pyridine rings is 1. The molecule has 12 heteroatoms. The quantitative estimate of drug-likeness (QED) is 0.267. The Morgan fingerprint density at radius 1 is 0.974 bits per heavy atom. The molecule has 0 fully saturated rings. The maximum atomic E-state index is 14.8. The van der Waals surface area contributed by atoms with Gasteiger partial charge in [0.15, 0.2) is 17.2 Å². The highest BCUT2D eigenvalue weighted by Crippen LogP contribution is 2.28. The molecule has 0 aliphatic carbocycles. The molecule has 0 aliphatic heterocycles. The molecule has 0 unspecified atom stereocenters. The Morgan fingerprint density at radius 3 is 2.50 bits per heavy atom. The maximum Gasteiger partial charge on any atom is 0.573 e. The van der Waals surface area contributed by atoms with Crippen LogP contribution in [0.3, 0.4) is 0 Å². The Balaban J connectivity index is 1.30. The molecule has 1 amide bonds. The van der Waals surface area contributed by atoms with Crippen LogP contribution in [-0.4, -0.2) is 31.9 Å². The second-order valence-electron chi connectivity index (χ2n) is 8.02. The van der Waals surface area contributed by atoms with Crippen molar-refractivity contribution < 1.29 is 31.8 Å². The van der Waals surface area contributed by atoms with E-state index in [9.17, 15) is 22.4 Å². The van der Waals surface area contributed by atoms with E-state index in [1.165, 1.54) is 34.8 Å². The molecule has 0 spiro atoms. The van der Waals surface area contributed by atoms with Crippen LogP contribution in [0.2, 0.25) is 0 Å². The number of carbonyl (C=O) groups is 1. The zero-order valence-electron chi connectivity index (χ0n) is 19.5. The first-order valence-electron chi connectivity index (χ1n) is 11.1. The Labute approximate surface area is 212 Å². The van der Waals surface area contributed by atoms with Crippen molar-refractivity contribution in [1.29, 1.82) is 0 Å². The molecule has 0 saturated carbocycles. The van der Waals surface area contributed by atoms with Crippen molar-refractivity contribution in [3.8, 4) is 28.6 Å². The number of ether oxygens (including phenoxy) is 2. The summed E-state index contributed by atoms with van der Waals surface area (Å²) in [5.41, 5.74) is 2.22. The molecule has 8 nitrogen and oxygen atoms in total. The third-order valence-electron chi connectivity index (χ3n) is 5.22. The molecule has 1 N–H and O–H groups in total. The minimum absolute atomic E-state index is 0.0205. The lowest BCUT2D eigenvalue weighted by molar-refractivity contribution is -0.274. The van der Waals surface area contributed by atoms with Crippen LogP contribution in [0, 0.1) is 12.7 Å². The van der Waals surface area contributed by atoms with Gasteiger partial charge in [0, 0.05) is 35.1 Å². The van der Waals surface area contributed by atoms with Gasteiger partial charge in [0.25, 0.3) is 5.91 Å². The minimum atomic E-state index is -4.80. The van der Waals surface area contributed by atoms with Crippen LogP contribution in [0.1, 0.15) is 16.2 Å². The van der Waals surface area contributed by atoms with Crippen molar-refractivity contribution in [1.82, 2.24) is 19.6 Å². The van der Waals surface area contributed by atoms with Gasteiger partial charge in [-0.1, -0.05) is 6.07 Å². The number of hydrogen-bond donors (Lipinski definition) is 1. The molecule has 2 aromatic carbocycles. The summed E-state index contributed by atoms with van der Waals surface area (Å²) in [4.78, 5) is 21.3. The summed E-state index contributed by atoms with van der Waals surface area (Å²) in [6.07, 6.45) is -3.25. The normalized spacial score (nSPS) is 11.4. The van der Waals surface area contributed by atoms with Crippen molar-refractivity contribution in [2.75, 3.05) is 5.32 Å². The smallest absolute Gasteiger partial charge is 0.436 e. The van der Waals surface area contributed by atoms with E-state index in [1.807, 2.05) is 0 Å². The predicted octanol–water partition coefficient (Wildman–Crippen LogP) is 6.18. The van der Waals surface area contributed by atoms with E-state index in [0.717, 1.165) is 18.2 Å². The van der Waals surface area contributed by atoms with Gasteiger partial charge in [0.1, 0.15) is 11.4 Å². The zero-order valence-corrected chi connectivity index (χ0v) is 19.5. The molecule has 0 bridgehead atoms. The highest BCUT2D eigenvalue weighted by Gasteiger charge is 2.31. The summed E-state index contributed by atoms with van der Waals surface area (Å²) >= 11 is 0. The summed E-state index contributed by atoms with van der Waals surface area (Å²) in [5, 5.41) is 6.68. The molecule has 0 radical (unpaired) electrons. The van der Waals surface area contributed by atoms with E-state index < -0.39 is 18.1 Å². The minimum Gasteiger partial charge on any atom is -0.436 e. The number of anilines is 1. The average Bonchev–Trinajstić information content (AvgIpc) is 3.34. The SMILES string of the molecule is Cc1cc(Oc2ccc(NC(=O)c3cccc(-c4ccc(OC(F)(F)F)cc4)n3)cc2F)n2nccc2n1. The third kappa shape index (κ3) is 5.53. The van der Waals surface area contributed by atoms with Crippen molar-refractivity contribution in [2.24, 2.45) is 0 Å². The molecule has 5 rings (SSSR count). The van der Waals surface area contributed by atoms with Crippen molar-refractivity contribution in [3.63, 3.8) is 0 Å². The predicted molar refractivity (Wildman–Crippen MR) is 129 cm³/mol. The molecular formula is C26H17F4N5O3. The standard InChI is InChI=1S/C26H17F4N5O3/c1-15-13-24(35-23(32-15)11-12-31-35)37-22-10-7-17(14-19(22)27)33-25(36)21-4-2-3-20(34-21)16-5-8-18(9-6-16)38-26(28,29)30/h2-14H,1H3,(H,33,36). The molecule has 0 saturated heterocycles. The second kappa shape index (κ2) is 9.81. The second-order valence-corrected chi connectivity index (χ2v) is 8.02. The lowest BCUT2D eigenvalue weighted by Crippen LogP contribution is -2.17. The largest absolute Gasteiger partial charge is 0.573 e. The molecule has 3 heterocycles. The molecule has 3 aromatic heterocycles. The van der Waals surface area contributed by atoms with E-state index in [4.69, 9.17) is 4.74 Å². The first-order valence-corrected chi connectivity index (χ1v) is 11.1. The molecule has 5 aromatic rings. The number of alkyl halides is 3. The van der Waals surface area contributed by atoms with Gasteiger partial charge in [0.05, 0.1) is 11.9 Å². The highest BCUT2D eigenvalue weighted by atomic mass is 19.4. The van der Waals surface area contributed by atoms with Crippen molar-refractivity contribution in [2.45, 2.75) is 13.3 Å². The maximum absolute atomic E-state index is 14.8. The summed E-state index contributed by atoms with van der Waals surface area (Å²) in [5.74, 6) is -1.52. The van der Waals surface area contributed by atoms with Crippen LogP contribution in [0.5, 0.6) is 17.4 Å². The number of nitrogens with zero attached hydrogens (tertiary/aromatic N) is 4. The number of aromatic nitrogens is 4. The van der Waals surface area contributed by atoms with Gasteiger partial charge in [-0.2, -0.15) is 9.61 Å². The Morgan fingerprint density at radius 2 is 1.76 bits per heavy atom. The number of benzene rings is 2. The monoisotopic (exact) mass is 523 g/mol. The first kappa shape index (κ1) is 24.7. The fraction of sp³-hybridized carbons (Fsp3) is 0.0769. The van der Waals surface area contributed by atoms with Crippen LogP contribution in [-0.2, 0) is 0 Å². The van der Waals surface area contributed by atoms with Crippen LogP contribution < -0.4 is 14.8 Å². The zero-order chi connectivity index (χ0) is 26.9. The number of nitrogens with one attached hydrogen (secondary N) is 1. The van der Waals surface area contributed by atoms with Gasteiger partial charge in [-0.15, -0.1) is 13.2 Å². The summed E-state index contributed by atoms with van der Waals surface area (Å²) in [7, 11) is 0. The molecule has 192 valence electrons. The van der Waals surface area contributed by atoms with E-state index in [0.29, 0.717) is 22.6 Å². The lowest BCUT2D eigenvalue weighted by atomic mass is 10.1.